The lowest BCUT2D eigenvalue weighted by Gasteiger charge is -2.02. The fraction of sp³-hybridized carbons (Fsp3) is 0.250. The van der Waals surface area contributed by atoms with E-state index >= 15 is 0 Å². The van der Waals surface area contributed by atoms with Crippen LogP contribution in [0, 0.1) is 0 Å². The number of aryl methyl sites for hydroxylation is 1. The molecule has 0 fully saturated rings. The topological polar surface area (TPSA) is 0 Å². The molecule has 0 heteroatoms. The summed E-state index contributed by atoms with van der Waals surface area (Å²) in [6, 6.07) is 8.54. The van der Waals surface area contributed by atoms with E-state index in [2.05, 4.69) is 44.3 Å². The third kappa shape index (κ3) is 4.31. The second-order valence-electron chi connectivity index (χ2n) is 3.11. The highest BCUT2D eigenvalue weighted by atomic mass is 14.0. The van der Waals surface area contributed by atoms with Crippen LogP contribution in [0.5, 0.6) is 0 Å². The van der Waals surface area contributed by atoms with Crippen molar-refractivity contribution in [2.45, 2.75) is 27.2 Å². The van der Waals surface area contributed by atoms with Gasteiger partial charge in [0.15, 0.2) is 0 Å². The van der Waals surface area contributed by atoms with Gasteiger partial charge in [-0.15, -0.1) is 0 Å². The lowest BCUT2D eigenvalue weighted by atomic mass is 10.0. The molecule has 0 aliphatic carbocycles. The summed E-state index contributed by atoms with van der Waals surface area (Å²) >= 11 is 0. The molecule has 0 atom stereocenters. The third-order valence-corrected chi connectivity index (χ3v) is 2.21. The van der Waals surface area contributed by atoms with Gasteiger partial charge in [-0.25, -0.2) is 0 Å². The van der Waals surface area contributed by atoms with Crippen molar-refractivity contribution in [1.29, 1.82) is 0 Å². The van der Waals surface area contributed by atoms with Gasteiger partial charge in [-0.3, -0.25) is 0 Å². The number of hydrogen-bond donors (Lipinski definition) is 0. The maximum Gasteiger partial charge on any atom is -0.0184 e. The Balaban J connectivity index is 0.00000106. The summed E-state index contributed by atoms with van der Waals surface area (Å²) in [5, 5.41) is 0. The van der Waals surface area contributed by atoms with Gasteiger partial charge in [0.2, 0.25) is 0 Å². The lowest BCUT2D eigenvalue weighted by molar-refractivity contribution is 1.14. The summed E-state index contributed by atoms with van der Waals surface area (Å²) < 4.78 is 0. The van der Waals surface area contributed by atoms with Gasteiger partial charge >= 0.3 is 0 Å². The van der Waals surface area contributed by atoms with E-state index in [1.807, 2.05) is 26.0 Å². The standard InChI is InChI=1S/C14H16.C2H6/c1-4-7-13(6-3)14-10-8-12(5-2)9-11-14;1-2/h4,6-11H,1,3,5H2,2H3;1-2H3/b13-7+;. The van der Waals surface area contributed by atoms with Crippen molar-refractivity contribution >= 4 is 5.57 Å². The molecule has 0 radical (unpaired) electrons. The predicted molar refractivity (Wildman–Crippen MR) is 75.5 cm³/mol. The number of hydrogen-bond acceptors (Lipinski definition) is 0. The Morgan fingerprint density at radius 1 is 1.12 bits per heavy atom. The monoisotopic (exact) mass is 214 g/mol. The molecule has 1 aromatic carbocycles. The summed E-state index contributed by atoms with van der Waals surface area (Å²) in [4.78, 5) is 0. The highest BCUT2D eigenvalue weighted by Crippen LogP contribution is 2.16. The van der Waals surface area contributed by atoms with Crippen LogP contribution in [0.1, 0.15) is 31.9 Å². The first-order valence-corrected chi connectivity index (χ1v) is 5.86. The zero-order chi connectivity index (χ0) is 12.4. The van der Waals surface area contributed by atoms with Crippen molar-refractivity contribution in [3.8, 4) is 0 Å². The van der Waals surface area contributed by atoms with Gasteiger partial charge in [-0.05, 0) is 23.1 Å². The molecule has 16 heavy (non-hydrogen) atoms. The smallest absolute Gasteiger partial charge is 0.0184 e. The molecule has 0 aliphatic rings. The Labute approximate surface area is 100 Å². The van der Waals surface area contributed by atoms with Gasteiger partial charge in [-0.1, -0.05) is 76.4 Å². The number of rotatable bonds is 4. The van der Waals surface area contributed by atoms with Crippen LogP contribution in [0.3, 0.4) is 0 Å². The highest BCUT2D eigenvalue weighted by Gasteiger charge is 1.95. The van der Waals surface area contributed by atoms with E-state index in [4.69, 9.17) is 0 Å². The van der Waals surface area contributed by atoms with Gasteiger partial charge < -0.3 is 0 Å². The molecule has 0 unspecified atom stereocenters. The molecule has 0 saturated carbocycles. The van der Waals surface area contributed by atoms with Crippen molar-refractivity contribution in [2.24, 2.45) is 0 Å². The summed E-state index contributed by atoms with van der Waals surface area (Å²) in [7, 11) is 0. The van der Waals surface area contributed by atoms with Crippen molar-refractivity contribution in [1.82, 2.24) is 0 Å². The molecule has 0 saturated heterocycles. The molecule has 0 aliphatic heterocycles. The van der Waals surface area contributed by atoms with Crippen LogP contribution >= 0.6 is 0 Å². The lowest BCUT2D eigenvalue weighted by Crippen LogP contribution is -1.83. The quantitative estimate of drug-likeness (QED) is 0.617. The van der Waals surface area contributed by atoms with E-state index in [1.54, 1.807) is 6.08 Å². The zero-order valence-electron chi connectivity index (χ0n) is 10.7. The minimum absolute atomic E-state index is 1.08. The normalized spacial score (nSPS) is 10.1. The maximum absolute atomic E-state index is 3.78. The molecule has 0 bridgehead atoms. The molecule has 0 heterocycles. The van der Waals surface area contributed by atoms with Gasteiger partial charge in [0, 0.05) is 0 Å². The molecular weight excluding hydrogens is 192 g/mol. The highest BCUT2D eigenvalue weighted by molar-refractivity contribution is 5.74. The average molecular weight is 214 g/mol. The van der Waals surface area contributed by atoms with Crippen LogP contribution in [-0.4, -0.2) is 0 Å². The minimum Gasteiger partial charge on any atom is -0.0990 e. The fourth-order valence-electron chi connectivity index (χ4n) is 1.34. The van der Waals surface area contributed by atoms with E-state index < -0.39 is 0 Å². The van der Waals surface area contributed by atoms with Crippen LogP contribution < -0.4 is 0 Å². The van der Waals surface area contributed by atoms with Crippen LogP contribution in [0.4, 0.5) is 0 Å². The Morgan fingerprint density at radius 3 is 2.06 bits per heavy atom. The zero-order valence-corrected chi connectivity index (χ0v) is 10.7. The van der Waals surface area contributed by atoms with Crippen molar-refractivity contribution in [3.63, 3.8) is 0 Å². The Morgan fingerprint density at radius 2 is 1.69 bits per heavy atom. The molecule has 0 nitrogen and oxygen atoms in total. The molecule has 86 valence electrons. The molecular formula is C16H22. The average Bonchev–Trinajstić information content (AvgIpc) is 2.38. The Bertz CT molecular complexity index is 339. The Kier molecular flexibility index (Phi) is 7.87. The van der Waals surface area contributed by atoms with E-state index in [9.17, 15) is 0 Å². The van der Waals surface area contributed by atoms with Gasteiger partial charge in [-0.2, -0.15) is 0 Å². The summed E-state index contributed by atoms with van der Waals surface area (Å²) in [6.45, 7) is 13.6. The number of benzene rings is 1. The van der Waals surface area contributed by atoms with E-state index in [-0.39, 0.29) is 0 Å². The first-order valence-electron chi connectivity index (χ1n) is 5.86. The van der Waals surface area contributed by atoms with Gasteiger partial charge in [0.25, 0.3) is 0 Å². The summed E-state index contributed by atoms with van der Waals surface area (Å²) in [6.07, 6.45) is 6.68. The first kappa shape index (κ1) is 14.4. The SMILES string of the molecule is C=C/C=C(\C=C)c1ccc(CC)cc1.CC. The second kappa shape index (κ2) is 8.72. The van der Waals surface area contributed by atoms with E-state index in [0.717, 1.165) is 12.0 Å². The summed E-state index contributed by atoms with van der Waals surface area (Å²) in [5.41, 5.74) is 3.66. The molecule has 0 spiro atoms. The summed E-state index contributed by atoms with van der Waals surface area (Å²) in [5.74, 6) is 0. The van der Waals surface area contributed by atoms with E-state index in [1.165, 1.54) is 11.1 Å². The molecule has 0 aromatic heterocycles. The fourth-order valence-corrected chi connectivity index (χ4v) is 1.34. The van der Waals surface area contributed by atoms with Crippen LogP contribution in [-0.2, 0) is 6.42 Å². The van der Waals surface area contributed by atoms with Crippen molar-refractivity contribution < 1.29 is 0 Å². The van der Waals surface area contributed by atoms with Crippen molar-refractivity contribution in [2.75, 3.05) is 0 Å². The first-order chi connectivity index (χ1) is 7.81. The van der Waals surface area contributed by atoms with Crippen LogP contribution in [0.2, 0.25) is 0 Å². The van der Waals surface area contributed by atoms with Gasteiger partial charge in [0.05, 0.1) is 0 Å². The largest absolute Gasteiger partial charge is 0.0990 e. The molecule has 0 N–H and O–H groups in total. The maximum atomic E-state index is 3.78. The Hall–Kier alpha value is -1.56. The molecule has 0 amide bonds. The number of allylic oxidation sites excluding steroid dienone is 4. The second-order valence-corrected chi connectivity index (χ2v) is 3.11. The molecule has 1 aromatic rings. The predicted octanol–water partition coefficient (Wildman–Crippen LogP) is 5.03. The molecule has 1 rings (SSSR count). The van der Waals surface area contributed by atoms with Gasteiger partial charge in [0.1, 0.15) is 0 Å². The minimum atomic E-state index is 1.08. The van der Waals surface area contributed by atoms with Crippen molar-refractivity contribution in [3.05, 3.63) is 66.8 Å². The third-order valence-electron chi connectivity index (χ3n) is 2.21. The van der Waals surface area contributed by atoms with E-state index in [0.29, 0.717) is 0 Å². The van der Waals surface area contributed by atoms with Crippen LogP contribution in [0.15, 0.2) is 55.7 Å². The van der Waals surface area contributed by atoms with Crippen LogP contribution in [0.25, 0.3) is 5.57 Å².